The number of benzene rings is 2. The Kier molecular flexibility index (Phi) is 4.77. The Balaban J connectivity index is 1.46. The molecule has 0 amide bonds. The van der Waals surface area contributed by atoms with E-state index in [4.69, 9.17) is 27.6 Å². The lowest BCUT2D eigenvalue weighted by molar-refractivity contribution is -0.137. The number of hydrogen-bond acceptors (Lipinski definition) is 5. The van der Waals surface area contributed by atoms with Crippen LogP contribution in [0.3, 0.4) is 0 Å². The van der Waals surface area contributed by atoms with Gasteiger partial charge in [-0.25, -0.2) is 0 Å². The molecular weight excluding hydrogens is 486 g/mol. The Bertz CT molecular complexity index is 1390. The molecule has 2 heterocycles. The first-order valence-corrected chi connectivity index (χ1v) is 10.6. The number of aromatic nitrogens is 1. The monoisotopic (exact) mass is 493 g/mol. The van der Waals surface area contributed by atoms with Crippen LogP contribution in [0.25, 0.3) is 27.9 Å². The van der Waals surface area contributed by atoms with Gasteiger partial charge in [0.1, 0.15) is 0 Å². The van der Waals surface area contributed by atoms with Crippen LogP contribution in [0.2, 0.25) is 10.0 Å². The lowest BCUT2D eigenvalue weighted by Crippen LogP contribution is -2.03. The highest BCUT2D eigenvalue weighted by atomic mass is 35.5. The average molecular weight is 494 g/mol. The molecule has 0 saturated carbocycles. The summed E-state index contributed by atoms with van der Waals surface area (Å²) in [4.78, 5) is 30.7. The average Bonchev–Trinajstić information content (AvgIpc) is 3.36. The van der Waals surface area contributed by atoms with Crippen LogP contribution < -0.4 is 0 Å². The summed E-state index contributed by atoms with van der Waals surface area (Å²) >= 11 is 13.1. The second kappa shape index (κ2) is 7.30. The number of allylic oxidation sites excluding steroid dienone is 1. The number of ketones is 2. The second-order valence-electron chi connectivity index (χ2n) is 6.94. The normalized spacial score (nSPS) is 13.8. The number of fused-ring (bicyclic) bond motifs is 2. The minimum Gasteiger partial charge on any atom is -0.435 e. The van der Waals surface area contributed by atoms with Crippen molar-refractivity contribution in [3.05, 3.63) is 79.7 Å². The van der Waals surface area contributed by atoms with Gasteiger partial charge in [-0.2, -0.15) is 18.2 Å². The fourth-order valence-corrected chi connectivity index (χ4v) is 4.56. The molecular formula is C22H8Cl2F3NO3S. The Morgan fingerprint density at radius 2 is 1.53 bits per heavy atom. The predicted molar refractivity (Wildman–Crippen MR) is 115 cm³/mol. The molecule has 0 bridgehead atoms. The molecule has 0 saturated heterocycles. The van der Waals surface area contributed by atoms with E-state index in [9.17, 15) is 22.8 Å². The molecule has 0 spiro atoms. The van der Waals surface area contributed by atoms with Crippen molar-refractivity contribution in [1.29, 1.82) is 0 Å². The Morgan fingerprint density at radius 1 is 0.938 bits per heavy atom. The molecule has 0 N–H and O–H groups in total. The van der Waals surface area contributed by atoms with Gasteiger partial charge in [-0.05, 0) is 42.5 Å². The highest BCUT2D eigenvalue weighted by Gasteiger charge is 2.34. The molecule has 0 fully saturated rings. The molecule has 4 nitrogen and oxygen atoms in total. The minimum atomic E-state index is -4.43. The molecule has 10 heteroatoms. The summed E-state index contributed by atoms with van der Waals surface area (Å²) in [5.41, 5.74) is 0.380. The van der Waals surface area contributed by atoms with Crippen molar-refractivity contribution >= 4 is 62.6 Å². The van der Waals surface area contributed by atoms with Gasteiger partial charge in [0.25, 0.3) is 0 Å². The van der Waals surface area contributed by atoms with Crippen LogP contribution in [-0.4, -0.2) is 16.6 Å². The molecule has 160 valence electrons. The van der Waals surface area contributed by atoms with E-state index in [0.29, 0.717) is 20.9 Å². The number of hydrogen-bond donors (Lipinski definition) is 0. The molecule has 1 aliphatic rings. The number of nitrogens with zero attached hydrogens (tertiary/aromatic N) is 1. The molecule has 0 atom stereocenters. The van der Waals surface area contributed by atoms with E-state index < -0.39 is 23.3 Å². The van der Waals surface area contributed by atoms with Gasteiger partial charge in [-0.1, -0.05) is 23.2 Å². The van der Waals surface area contributed by atoms with Gasteiger partial charge in [0.05, 0.1) is 21.2 Å². The number of alkyl halides is 3. The van der Waals surface area contributed by atoms with Crippen molar-refractivity contribution < 1.29 is 27.2 Å². The quantitative estimate of drug-likeness (QED) is 0.216. The summed E-state index contributed by atoms with van der Waals surface area (Å²) in [6, 6.07) is 8.83. The number of oxazole rings is 1. The molecule has 32 heavy (non-hydrogen) atoms. The van der Waals surface area contributed by atoms with E-state index in [1.165, 1.54) is 41.7 Å². The summed E-state index contributed by atoms with van der Waals surface area (Å²) in [5.74, 6) is -0.733. The number of Topliss-reactive ketones (excluding diaryl/α,β-unsaturated/α-hetero) is 2. The summed E-state index contributed by atoms with van der Waals surface area (Å²) in [6.45, 7) is 0. The van der Waals surface area contributed by atoms with Crippen LogP contribution >= 0.6 is 34.5 Å². The van der Waals surface area contributed by atoms with Crippen LogP contribution in [0.15, 0.2) is 52.5 Å². The zero-order chi connectivity index (χ0) is 22.8. The Hall–Kier alpha value is -2.94. The smallest absolute Gasteiger partial charge is 0.416 e. The highest BCUT2D eigenvalue weighted by Crippen LogP contribution is 2.37. The fraction of sp³-hybridized carbons (Fsp3) is 0.0455. The van der Waals surface area contributed by atoms with Crippen LogP contribution in [0.5, 0.6) is 0 Å². The van der Waals surface area contributed by atoms with Gasteiger partial charge in [0, 0.05) is 27.6 Å². The number of carbonyl (C=O) groups excluding carboxylic acids is 2. The second-order valence-corrected chi connectivity index (χ2v) is 8.82. The number of thiophene rings is 1. The Labute approximate surface area is 191 Å². The van der Waals surface area contributed by atoms with Crippen molar-refractivity contribution in [2.75, 3.05) is 0 Å². The predicted octanol–water partition coefficient (Wildman–Crippen LogP) is 7.34. The summed E-state index contributed by atoms with van der Waals surface area (Å²) < 4.78 is 43.8. The molecule has 2 aromatic carbocycles. The fourth-order valence-electron chi connectivity index (χ4n) is 3.34. The Morgan fingerprint density at radius 3 is 2.06 bits per heavy atom. The zero-order valence-corrected chi connectivity index (χ0v) is 17.9. The van der Waals surface area contributed by atoms with Crippen LogP contribution in [0.1, 0.15) is 31.2 Å². The van der Waals surface area contributed by atoms with E-state index in [2.05, 4.69) is 4.98 Å². The van der Waals surface area contributed by atoms with E-state index in [1.54, 1.807) is 6.07 Å². The van der Waals surface area contributed by atoms with Crippen molar-refractivity contribution in [3.8, 4) is 11.5 Å². The van der Waals surface area contributed by atoms with Crippen molar-refractivity contribution in [2.24, 2.45) is 0 Å². The molecule has 2 aromatic heterocycles. The summed E-state index contributed by atoms with van der Waals surface area (Å²) in [5, 5.41) is 0.364. The summed E-state index contributed by atoms with van der Waals surface area (Å²) in [7, 11) is 0. The van der Waals surface area contributed by atoms with Crippen LogP contribution in [-0.2, 0) is 6.18 Å². The number of halogens is 5. The SMILES string of the molecule is O=C1C(=Cc2cc3oc(-c4ccc(C(F)(F)F)cc4)nc3s2)C(=O)c2cc(Cl)c(Cl)cc21. The standard InChI is InChI=1S/C22H8Cl2F3NO3S/c23-15-7-12-13(8-16(15)24)19(30)14(18(12)29)5-11-6-17-21(32-11)28-20(31-17)9-1-3-10(4-2-9)22(25,26)27/h1-8H. The maximum Gasteiger partial charge on any atom is 0.416 e. The third-order valence-electron chi connectivity index (χ3n) is 4.89. The zero-order valence-electron chi connectivity index (χ0n) is 15.6. The maximum absolute atomic E-state index is 12.7. The number of carbonyl (C=O) groups is 2. The van der Waals surface area contributed by atoms with Gasteiger partial charge < -0.3 is 4.42 Å². The van der Waals surface area contributed by atoms with Gasteiger partial charge in [-0.15, -0.1) is 11.3 Å². The van der Waals surface area contributed by atoms with Crippen molar-refractivity contribution in [2.45, 2.75) is 6.18 Å². The van der Waals surface area contributed by atoms with Crippen LogP contribution in [0.4, 0.5) is 13.2 Å². The lowest BCUT2D eigenvalue weighted by Gasteiger charge is -2.05. The van der Waals surface area contributed by atoms with E-state index in [0.717, 1.165) is 12.1 Å². The van der Waals surface area contributed by atoms with Crippen LogP contribution in [0, 0.1) is 0 Å². The first-order chi connectivity index (χ1) is 15.1. The van der Waals surface area contributed by atoms with E-state index in [1.807, 2.05) is 0 Å². The molecule has 4 aromatic rings. The van der Waals surface area contributed by atoms with Crippen molar-refractivity contribution in [1.82, 2.24) is 4.98 Å². The minimum absolute atomic E-state index is 0.0230. The van der Waals surface area contributed by atoms with Crippen molar-refractivity contribution in [3.63, 3.8) is 0 Å². The van der Waals surface area contributed by atoms with Gasteiger partial charge >= 0.3 is 6.18 Å². The molecule has 0 radical (unpaired) electrons. The topological polar surface area (TPSA) is 60.2 Å². The highest BCUT2D eigenvalue weighted by molar-refractivity contribution is 7.19. The van der Waals surface area contributed by atoms with Gasteiger partial charge in [-0.3, -0.25) is 9.59 Å². The summed E-state index contributed by atoms with van der Waals surface area (Å²) in [6.07, 6.45) is -2.98. The third-order valence-corrected chi connectivity index (χ3v) is 6.57. The first kappa shape index (κ1) is 20.9. The lowest BCUT2D eigenvalue weighted by atomic mass is 10.1. The first-order valence-electron chi connectivity index (χ1n) is 9.00. The van der Waals surface area contributed by atoms with E-state index in [-0.39, 0.29) is 32.6 Å². The maximum atomic E-state index is 12.7. The molecule has 5 rings (SSSR count). The molecule has 1 aliphatic carbocycles. The molecule has 0 aliphatic heterocycles. The van der Waals surface area contributed by atoms with Gasteiger partial charge in [0.2, 0.25) is 5.89 Å². The largest absolute Gasteiger partial charge is 0.435 e. The van der Waals surface area contributed by atoms with Gasteiger partial charge in [0.15, 0.2) is 22.0 Å². The molecule has 0 unspecified atom stereocenters. The number of rotatable bonds is 2. The third kappa shape index (κ3) is 3.44. The van der Waals surface area contributed by atoms with E-state index >= 15 is 0 Å².